The van der Waals surface area contributed by atoms with E-state index in [4.69, 9.17) is 5.11 Å². The Labute approximate surface area is 83.9 Å². The smallest absolute Gasteiger partial charge is 0.155 e. The lowest BCUT2D eigenvalue weighted by molar-refractivity contribution is -0.113. The van der Waals surface area contributed by atoms with Crippen molar-refractivity contribution in [3.8, 4) is 0 Å². The Bertz CT molecular complexity index is 325. The van der Waals surface area contributed by atoms with Crippen molar-refractivity contribution in [2.24, 2.45) is 0 Å². The van der Waals surface area contributed by atoms with Gasteiger partial charge in [0.2, 0.25) is 0 Å². The summed E-state index contributed by atoms with van der Waals surface area (Å²) in [6.07, 6.45) is 2.16. The van der Waals surface area contributed by atoms with Crippen molar-refractivity contribution in [2.75, 3.05) is 6.61 Å². The highest BCUT2D eigenvalue weighted by molar-refractivity contribution is 5.93. The van der Waals surface area contributed by atoms with Gasteiger partial charge in [-0.25, -0.2) is 0 Å². The van der Waals surface area contributed by atoms with Crippen LogP contribution in [0.15, 0.2) is 42.0 Å². The summed E-state index contributed by atoms with van der Waals surface area (Å²) in [5, 5.41) is 8.73. The molecule has 0 aliphatic heterocycles. The van der Waals surface area contributed by atoms with Gasteiger partial charge in [-0.05, 0) is 18.1 Å². The second-order valence-corrected chi connectivity index (χ2v) is 3.13. The number of hydrogen-bond donors (Lipinski definition) is 1. The zero-order valence-electron chi connectivity index (χ0n) is 8.23. The number of Topliss-reactive ketones (excluding diaryl/α,β-unsaturated/α-hetero) is 1. The van der Waals surface area contributed by atoms with Crippen molar-refractivity contribution in [3.05, 3.63) is 47.5 Å². The summed E-state index contributed by atoms with van der Waals surface area (Å²) in [7, 11) is 0. The van der Waals surface area contributed by atoms with E-state index in [1.54, 1.807) is 6.08 Å². The fourth-order valence-electron chi connectivity index (χ4n) is 1.27. The van der Waals surface area contributed by atoms with Crippen LogP contribution in [-0.2, 0) is 11.2 Å². The van der Waals surface area contributed by atoms with Gasteiger partial charge >= 0.3 is 0 Å². The van der Waals surface area contributed by atoms with Gasteiger partial charge in [-0.2, -0.15) is 0 Å². The molecule has 0 saturated carbocycles. The molecule has 0 atom stereocenters. The van der Waals surface area contributed by atoms with E-state index in [9.17, 15) is 4.79 Å². The molecule has 2 heteroatoms. The first-order valence-electron chi connectivity index (χ1n) is 4.59. The molecule has 0 aliphatic rings. The highest BCUT2D eigenvalue weighted by Gasteiger charge is 2.03. The molecule has 0 amide bonds. The first kappa shape index (κ1) is 10.7. The molecule has 0 heterocycles. The Balaban J connectivity index is 2.76. The van der Waals surface area contributed by atoms with Gasteiger partial charge in [0.1, 0.15) is 0 Å². The number of hydrogen-bond acceptors (Lipinski definition) is 2. The van der Waals surface area contributed by atoms with E-state index < -0.39 is 0 Å². The van der Waals surface area contributed by atoms with E-state index in [0.29, 0.717) is 12.0 Å². The lowest BCUT2D eigenvalue weighted by Crippen LogP contribution is -2.01. The molecule has 1 aromatic rings. The van der Waals surface area contributed by atoms with Crippen LogP contribution in [0.1, 0.15) is 12.5 Å². The van der Waals surface area contributed by atoms with Crippen LogP contribution in [0.4, 0.5) is 0 Å². The quantitative estimate of drug-likeness (QED) is 0.734. The van der Waals surface area contributed by atoms with Gasteiger partial charge in [-0.3, -0.25) is 4.79 Å². The van der Waals surface area contributed by atoms with Crippen molar-refractivity contribution in [3.63, 3.8) is 0 Å². The molecule has 0 aliphatic carbocycles. The van der Waals surface area contributed by atoms with Crippen LogP contribution < -0.4 is 0 Å². The number of benzene rings is 1. The van der Waals surface area contributed by atoms with E-state index >= 15 is 0 Å². The zero-order valence-corrected chi connectivity index (χ0v) is 8.23. The first-order valence-corrected chi connectivity index (χ1v) is 4.59. The van der Waals surface area contributed by atoms with Crippen molar-refractivity contribution < 1.29 is 9.90 Å². The molecule has 2 nitrogen and oxygen atoms in total. The SMILES string of the molecule is CC(=O)/C(=C/CO)Cc1ccccc1. The van der Waals surface area contributed by atoms with Crippen LogP contribution in [0, 0.1) is 0 Å². The third kappa shape index (κ3) is 3.15. The largest absolute Gasteiger partial charge is 0.392 e. The third-order valence-electron chi connectivity index (χ3n) is 2.03. The minimum absolute atomic E-state index is 0.0166. The van der Waals surface area contributed by atoms with E-state index in [-0.39, 0.29) is 12.4 Å². The van der Waals surface area contributed by atoms with Crippen molar-refractivity contribution in [1.29, 1.82) is 0 Å². The molecule has 0 saturated heterocycles. The van der Waals surface area contributed by atoms with Crippen LogP contribution in [0.2, 0.25) is 0 Å². The molecule has 0 fully saturated rings. The molecular formula is C12H14O2. The first-order chi connectivity index (χ1) is 6.74. The average molecular weight is 190 g/mol. The van der Waals surface area contributed by atoms with Gasteiger partial charge < -0.3 is 5.11 Å². The highest BCUT2D eigenvalue weighted by atomic mass is 16.2. The number of carbonyl (C=O) groups is 1. The summed E-state index contributed by atoms with van der Waals surface area (Å²) in [6.45, 7) is 1.44. The van der Waals surface area contributed by atoms with Crippen LogP contribution in [-0.4, -0.2) is 17.5 Å². The molecule has 0 spiro atoms. The van der Waals surface area contributed by atoms with Gasteiger partial charge in [-0.15, -0.1) is 0 Å². The number of carbonyl (C=O) groups excluding carboxylic acids is 1. The minimum Gasteiger partial charge on any atom is -0.392 e. The normalized spacial score (nSPS) is 11.4. The van der Waals surface area contributed by atoms with Gasteiger partial charge in [0, 0.05) is 6.42 Å². The molecule has 1 aromatic carbocycles. The van der Waals surface area contributed by atoms with Crippen LogP contribution in [0.3, 0.4) is 0 Å². The maximum atomic E-state index is 11.2. The Hall–Kier alpha value is -1.41. The zero-order chi connectivity index (χ0) is 10.4. The minimum atomic E-state index is -0.0816. The van der Waals surface area contributed by atoms with Crippen molar-refractivity contribution in [1.82, 2.24) is 0 Å². The summed E-state index contributed by atoms with van der Waals surface area (Å²) in [5.74, 6) is 0.0166. The Kier molecular flexibility index (Phi) is 4.08. The van der Waals surface area contributed by atoms with E-state index in [0.717, 1.165) is 5.56 Å². The third-order valence-corrected chi connectivity index (χ3v) is 2.03. The monoisotopic (exact) mass is 190 g/mol. The van der Waals surface area contributed by atoms with Crippen molar-refractivity contribution >= 4 is 5.78 Å². The molecule has 0 radical (unpaired) electrons. The molecule has 74 valence electrons. The number of allylic oxidation sites excluding steroid dienone is 1. The number of rotatable bonds is 4. The maximum absolute atomic E-state index is 11.2. The van der Waals surface area contributed by atoms with E-state index in [1.807, 2.05) is 30.3 Å². The maximum Gasteiger partial charge on any atom is 0.155 e. The molecule has 0 bridgehead atoms. The summed E-state index contributed by atoms with van der Waals surface area (Å²) < 4.78 is 0. The van der Waals surface area contributed by atoms with Crippen molar-refractivity contribution in [2.45, 2.75) is 13.3 Å². The van der Waals surface area contributed by atoms with Gasteiger partial charge in [-0.1, -0.05) is 36.4 Å². The van der Waals surface area contributed by atoms with Gasteiger partial charge in [0.25, 0.3) is 0 Å². The number of aliphatic hydroxyl groups excluding tert-OH is 1. The predicted molar refractivity (Wildman–Crippen MR) is 56.0 cm³/mol. The van der Waals surface area contributed by atoms with Crippen LogP contribution >= 0.6 is 0 Å². The standard InChI is InChI=1S/C12H14O2/c1-10(14)12(7-8-13)9-11-5-3-2-4-6-11/h2-7,13H,8-9H2,1H3/b12-7+. The molecule has 0 unspecified atom stereocenters. The lowest BCUT2D eigenvalue weighted by Gasteiger charge is -2.02. The lowest BCUT2D eigenvalue weighted by atomic mass is 10.0. The van der Waals surface area contributed by atoms with Gasteiger partial charge in [0.05, 0.1) is 6.61 Å². The van der Waals surface area contributed by atoms with Gasteiger partial charge in [0.15, 0.2) is 5.78 Å². The number of aliphatic hydroxyl groups is 1. The molecule has 14 heavy (non-hydrogen) atoms. The predicted octanol–water partition coefficient (Wildman–Crippen LogP) is 1.74. The summed E-state index contributed by atoms with van der Waals surface area (Å²) in [6, 6.07) is 9.74. The fourth-order valence-corrected chi connectivity index (χ4v) is 1.27. The summed E-state index contributed by atoms with van der Waals surface area (Å²) >= 11 is 0. The highest BCUT2D eigenvalue weighted by Crippen LogP contribution is 2.08. The summed E-state index contributed by atoms with van der Waals surface area (Å²) in [4.78, 5) is 11.2. The van der Waals surface area contributed by atoms with E-state index in [1.165, 1.54) is 6.92 Å². The Morgan fingerprint density at radius 2 is 2.00 bits per heavy atom. The Morgan fingerprint density at radius 3 is 2.50 bits per heavy atom. The summed E-state index contributed by atoms with van der Waals surface area (Å²) in [5.41, 5.74) is 1.75. The van der Waals surface area contributed by atoms with Crippen LogP contribution in [0.5, 0.6) is 0 Å². The van der Waals surface area contributed by atoms with Crippen LogP contribution in [0.25, 0.3) is 0 Å². The number of ketones is 1. The second-order valence-electron chi connectivity index (χ2n) is 3.13. The average Bonchev–Trinajstić information content (AvgIpc) is 2.18. The second kappa shape index (κ2) is 5.35. The molecule has 1 rings (SSSR count). The topological polar surface area (TPSA) is 37.3 Å². The molecular weight excluding hydrogens is 176 g/mol. The van der Waals surface area contributed by atoms with E-state index in [2.05, 4.69) is 0 Å². The Morgan fingerprint density at radius 1 is 1.36 bits per heavy atom. The molecule has 1 N–H and O–H groups in total. The molecule has 0 aromatic heterocycles. The fraction of sp³-hybridized carbons (Fsp3) is 0.250.